The summed E-state index contributed by atoms with van der Waals surface area (Å²) in [6.07, 6.45) is 0. The number of thiocarbonyl (C=S) groups is 1. The number of rotatable bonds is 4. The van der Waals surface area contributed by atoms with Gasteiger partial charge in [-0.25, -0.2) is 0 Å². The van der Waals surface area contributed by atoms with E-state index < -0.39 is 0 Å². The Bertz CT molecular complexity index is 1030. The number of aromatic nitrogens is 2. The number of aryl methyl sites for hydroxylation is 1. The van der Waals surface area contributed by atoms with Crippen molar-refractivity contribution in [3.05, 3.63) is 72.9 Å². The molecule has 0 unspecified atom stereocenters. The van der Waals surface area contributed by atoms with Crippen LogP contribution in [-0.2, 0) is 6.54 Å². The fourth-order valence-electron chi connectivity index (χ4n) is 2.72. The van der Waals surface area contributed by atoms with Gasteiger partial charge in [0.25, 0.3) is 0 Å². The lowest BCUT2D eigenvalue weighted by molar-refractivity contribution is 0.659. The lowest BCUT2D eigenvalue weighted by atomic mass is 10.2. The molecule has 0 bridgehead atoms. The normalized spacial score (nSPS) is 10.8. The van der Waals surface area contributed by atoms with E-state index in [1.807, 2.05) is 48.9 Å². The molecule has 3 rings (SSSR count). The Morgan fingerprint density at radius 3 is 2.39 bits per heavy atom. The predicted octanol–water partition coefficient (Wildman–Crippen LogP) is 7.08. The van der Waals surface area contributed by atoms with E-state index in [9.17, 15) is 0 Å². The van der Waals surface area contributed by atoms with Gasteiger partial charge in [-0.3, -0.25) is 4.68 Å². The van der Waals surface area contributed by atoms with Gasteiger partial charge in [0.15, 0.2) is 5.11 Å². The Hall–Kier alpha value is -1.31. The van der Waals surface area contributed by atoms with Crippen molar-refractivity contribution in [3.8, 4) is 0 Å². The summed E-state index contributed by atoms with van der Waals surface area (Å²) in [4.78, 5) is 0. The third-order valence-corrected chi connectivity index (χ3v) is 5.89. The van der Waals surface area contributed by atoms with Crippen molar-refractivity contribution in [2.24, 2.45) is 0 Å². The predicted molar refractivity (Wildman–Crippen MR) is 126 cm³/mol. The topological polar surface area (TPSA) is 41.9 Å². The van der Waals surface area contributed by atoms with Crippen LogP contribution in [0, 0.1) is 13.8 Å². The Morgan fingerprint density at radius 2 is 1.75 bits per heavy atom. The second kappa shape index (κ2) is 9.01. The second-order valence-corrected chi connectivity index (χ2v) is 8.65. The van der Waals surface area contributed by atoms with Gasteiger partial charge in [-0.15, -0.1) is 0 Å². The maximum atomic E-state index is 6.29. The first-order valence-electron chi connectivity index (χ1n) is 8.26. The SMILES string of the molecule is Cc1nn(Cc2c(Cl)cccc2Cl)c(C)c1NC(=S)Nc1ccc(Br)cc1Cl. The number of halogens is 4. The molecule has 0 radical (unpaired) electrons. The van der Waals surface area contributed by atoms with Crippen LogP contribution in [0.1, 0.15) is 17.0 Å². The van der Waals surface area contributed by atoms with Crippen molar-refractivity contribution in [1.29, 1.82) is 0 Å². The van der Waals surface area contributed by atoms with Crippen LogP contribution in [0.2, 0.25) is 15.1 Å². The number of hydrogen-bond acceptors (Lipinski definition) is 2. The smallest absolute Gasteiger partial charge is 0.175 e. The minimum Gasteiger partial charge on any atom is -0.331 e. The maximum Gasteiger partial charge on any atom is 0.175 e. The fraction of sp³-hybridized carbons (Fsp3) is 0.158. The highest BCUT2D eigenvalue weighted by Crippen LogP contribution is 2.28. The van der Waals surface area contributed by atoms with E-state index in [1.54, 1.807) is 6.07 Å². The number of anilines is 2. The van der Waals surface area contributed by atoms with Crippen LogP contribution in [-0.4, -0.2) is 14.9 Å². The van der Waals surface area contributed by atoms with Crippen LogP contribution in [0.25, 0.3) is 0 Å². The van der Waals surface area contributed by atoms with E-state index in [4.69, 9.17) is 47.0 Å². The van der Waals surface area contributed by atoms with E-state index in [2.05, 4.69) is 31.7 Å². The van der Waals surface area contributed by atoms with E-state index in [0.717, 1.165) is 27.1 Å². The Morgan fingerprint density at radius 1 is 1.07 bits per heavy atom. The average molecular weight is 519 g/mol. The van der Waals surface area contributed by atoms with Gasteiger partial charge in [0, 0.05) is 20.1 Å². The highest BCUT2D eigenvalue weighted by Gasteiger charge is 2.15. The van der Waals surface area contributed by atoms with E-state index in [-0.39, 0.29) is 0 Å². The minimum atomic E-state index is 0.422. The molecule has 0 aliphatic rings. The number of nitrogens with zero attached hydrogens (tertiary/aromatic N) is 2. The van der Waals surface area contributed by atoms with Crippen molar-refractivity contribution in [3.63, 3.8) is 0 Å². The van der Waals surface area contributed by atoms with Gasteiger partial charge < -0.3 is 10.6 Å². The van der Waals surface area contributed by atoms with Crippen LogP contribution >= 0.6 is 63.0 Å². The lowest BCUT2D eigenvalue weighted by Crippen LogP contribution is -2.20. The van der Waals surface area contributed by atoms with E-state index in [1.165, 1.54) is 0 Å². The zero-order valence-corrected chi connectivity index (χ0v) is 19.7. The number of hydrogen-bond donors (Lipinski definition) is 2. The largest absolute Gasteiger partial charge is 0.331 e. The molecule has 4 nitrogen and oxygen atoms in total. The molecule has 0 amide bonds. The molecule has 0 saturated carbocycles. The molecule has 0 spiro atoms. The molecule has 2 aromatic carbocycles. The van der Waals surface area contributed by atoms with Crippen LogP contribution < -0.4 is 10.6 Å². The summed E-state index contributed by atoms with van der Waals surface area (Å²) in [6, 6.07) is 11.0. The summed E-state index contributed by atoms with van der Waals surface area (Å²) in [7, 11) is 0. The van der Waals surface area contributed by atoms with Gasteiger partial charge in [-0.05, 0) is 56.4 Å². The molecule has 0 aliphatic heterocycles. The van der Waals surface area contributed by atoms with Crippen LogP contribution in [0.3, 0.4) is 0 Å². The van der Waals surface area contributed by atoms with Gasteiger partial charge in [0.2, 0.25) is 0 Å². The van der Waals surface area contributed by atoms with Gasteiger partial charge in [-0.2, -0.15) is 5.10 Å². The first kappa shape index (κ1) is 21.4. The third-order valence-electron chi connectivity index (χ3n) is 4.17. The molecular formula is C19H16BrCl3N4S. The van der Waals surface area contributed by atoms with E-state index in [0.29, 0.717) is 32.4 Å². The summed E-state index contributed by atoms with van der Waals surface area (Å²) in [5, 5.41) is 13.1. The molecule has 0 aliphatic carbocycles. The molecular weight excluding hydrogens is 503 g/mol. The lowest BCUT2D eigenvalue weighted by Gasteiger charge is -2.13. The van der Waals surface area contributed by atoms with Crippen molar-refractivity contribution in [2.75, 3.05) is 10.6 Å². The quantitative estimate of drug-likeness (QED) is 0.362. The summed E-state index contributed by atoms with van der Waals surface area (Å²) in [5.74, 6) is 0. The van der Waals surface area contributed by atoms with E-state index >= 15 is 0 Å². The van der Waals surface area contributed by atoms with Crippen LogP contribution in [0.15, 0.2) is 40.9 Å². The van der Waals surface area contributed by atoms with Crippen molar-refractivity contribution >= 4 is 79.4 Å². The molecule has 1 aromatic heterocycles. The monoisotopic (exact) mass is 516 g/mol. The highest BCUT2D eigenvalue weighted by atomic mass is 79.9. The summed E-state index contributed by atoms with van der Waals surface area (Å²) in [5.41, 5.74) is 4.10. The molecule has 146 valence electrons. The van der Waals surface area contributed by atoms with Crippen LogP contribution in [0.4, 0.5) is 11.4 Å². The Kier molecular flexibility index (Phi) is 6.89. The molecule has 2 N–H and O–H groups in total. The maximum absolute atomic E-state index is 6.29. The molecule has 0 atom stereocenters. The first-order chi connectivity index (χ1) is 13.3. The second-order valence-electron chi connectivity index (χ2n) is 6.11. The summed E-state index contributed by atoms with van der Waals surface area (Å²) < 4.78 is 2.74. The molecule has 1 heterocycles. The Labute approximate surface area is 192 Å². The molecule has 0 saturated heterocycles. The molecule has 3 aromatic rings. The molecule has 28 heavy (non-hydrogen) atoms. The minimum absolute atomic E-state index is 0.422. The standard InChI is InChI=1S/C19H16BrCl3N4S/c1-10-18(25-19(28)24-17-7-6-12(20)8-16(17)23)11(2)27(26-10)9-13-14(21)4-3-5-15(13)22/h3-8H,9H2,1-2H3,(H2,24,25,28). The van der Waals surface area contributed by atoms with Crippen molar-refractivity contribution in [2.45, 2.75) is 20.4 Å². The van der Waals surface area contributed by atoms with Crippen molar-refractivity contribution in [1.82, 2.24) is 9.78 Å². The first-order valence-corrected chi connectivity index (χ1v) is 10.6. The van der Waals surface area contributed by atoms with Gasteiger partial charge in [0.05, 0.1) is 34.3 Å². The molecule has 0 fully saturated rings. The van der Waals surface area contributed by atoms with Gasteiger partial charge in [0.1, 0.15) is 0 Å². The zero-order chi connectivity index (χ0) is 20.4. The van der Waals surface area contributed by atoms with Gasteiger partial charge in [-0.1, -0.05) is 56.8 Å². The Balaban J connectivity index is 1.79. The van der Waals surface area contributed by atoms with Gasteiger partial charge >= 0.3 is 0 Å². The fourth-order valence-corrected chi connectivity index (χ4v) is 4.17. The summed E-state index contributed by atoms with van der Waals surface area (Å²) >= 11 is 27.6. The van der Waals surface area contributed by atoms with Crippen LogP contribution in [0.5, 0.6) is 0 Å². The highest BCUT2D eigenvalue weighted by molar-refractivity contribution is 9.10. The van der Waals surface area contributed by atoms with Crippen molar-refractivity contribution < 1.29 is 0 Å². The average Bonchev–Trinajstić information content (AvgIpc) is 2.88. The zero-order valence-electron chi connectivity index (χ0n) is 15.0. The number of nitrogens with one attached hydrogen (secondary N) is 2. The third kappa shape index (κ3) is 4.81. The molecule has 9 heteroatoms. The number of benzene rings is 2. The summed E-state index contributed by atoms with van der Waals surface area (Å²) in [6.45, 7) is 4.34.